The third kappa shape index (κ3) is 5.45. The summed E-state index contributed by atoms with van der Waals surface area (Å²) in [5, 5.41) is 25.5. The van der Waals surface area contributed by atoms with Crippen LogP contribution >= 0.6 is 0 Å². The lowest BCUT2D eigenvalue weighted by molar-refractivity contribution is -0.122. The van der Waals surface area contributed by atoms with Gasteiger partial charge < -0.3 is 24.8 Å². The summed E-state index contributed by atoms with van der Waals surface area (Å²) in [7, 11) is 1.96. The van der Waals surface area contributed by atoms with Gasteiger partial charge in [0.05, 0.1) is 16.6 Å². The molecule has 0 amide bonds. The molecule has 1 fully saturated rings. The number of anilines is 1. The molecule has 160 valence electrons. The van der Waals surface area contributed by atoms with Crippen LogP contribution in [0.25, 0.3) is 11.0 Å². The number of aromatic nitrogens is 2. The fraction of sp³-hybridized carbons (Fsp3) is 0.550. The normalized spacial score (nSPS) is 17.3. The van der Waals surface area contributed by atoms with Crippen molar-refractivity contribution in [3.8, 4) is 0 Å². The van der Waals surface area contributed by atoms with E-state index in [4.69, 9.17) is 14.9 Å². The fourth-order valence-electron chi connectivity index (χ4n) is 3.81. The van der Waals surface area contributed by atoms with Crippen LogP contribution in [0.1, 0.15) is 30.6 Å². The average Bonchev–Trinajstić information content (AvgIpc) is 3.00. The van der Waals surface area contributed by atoms with Crippen molar-refractivity contribution in [2.45, 2.75) is 26.3 Å². The second-order valence-corrected chi connectivity index (χ2v) is 7.59. The Labute approximate surface area is 170 Å². The van der Waals surface area contributed by atoms with E-state index in [1.54, 1.807) is 12.1 Å². The Morgan fingerprint density at radius 3 is 2.62 bits per heavy atom. The number of rotatable bonds is 6. The number of hydrogen-bond donors (Lipinski definition) is 3. The maximum Gasteiger partial charge on any atom is 0.335 e. The van der Waals surface area contributed by atoms with Gasteiger partial charge in [0.1, 0.15) is 0 Å². The van der Waals surface area contributed by atoms with Crippen LogP contribution in [-0.2, 0) is 11.8 Å². The van der Waals surface area contributed by atoms with E-state index in [9.17, 15) is 15.0 Å². The highest BCUT2D eigenvalue weighted by Crippen LogP contribution is 2.25. The molecular weight excluding hydrogens is 376 g/mol. The van der Waals surface area contributed by atoms with Crippen molar-refractivity contribution in [2.75, 3.05) is 37.7 Å². The molecular formula is C20H30N4O5. The first-order valence-electron chi connectivity index (χ1n) is 9.69. The number of piperazine rings is 1. The van der Waals surface area contributed by atoms with E-state index in [1.165, 1.54) is 0 Å². The molecule has 1 aromatic carbocycles. The number of carbonyl (C=O) groups is 2. The van der Waals surface area contributed by atoms with Crippen LogP contribution in [0, 0.1) is 5.92 Å². The zero-order chi connectivity index (χ0) is 21.6. The summed E-state index contributed by atoms with van der Waals surface area (Å²) in [5.41, 5.74) is 1.88. The van der Waals surface area contributed by atoms with Gasteiger partial charge in [0.25, 0.3) is 6.47 Å². The van der Waals surface area contributed by atoms with Gasteiger partial charge in [0.2, 0.25) is 5.95 Å². The van der Waals surface area contributed by atoms with Gasteiger partial charge >= 0.3 is 5.97 Å². The SMILES string of the molecule is CC(C)CN1CCN(c2nc3cc(C(=O)O)ccc3n2C)CC1CCO.O=CO. The lowest BCUT2D eigenvalue weighted by atomic mass is 10.1. The first-order chi connectivity index (χ1) is 13.8. The molecule has 1 aliphatic rings. The maximum absolute atomic E-state index is 11.2. The molecule has 1 unspecified atom stereocenters. The number of imidazole rings is 1. The Balaban J connectivity index is 0.000000941. The van der Waals surface area contributed by atoms with Crippen molar-refractivity contribution < 1.29 is 24.9 Å². The van der Waals surface area contributed by atoms with Crippen LogP contribution in [0.15, 0.2) is 18.2 Å². The Hall–Kier alpha value is -2.65. The van der Waals surface area contributed by atoms with Gasteiger partial charge in [-0.2, -0.15) is 0 Å². The van der Waals surface area contributed by atoms with Crippen LogP contribution in [0.2, 0.25) is 0 Å². The topological polar surface area (TPSA) is 119 Å². The number of aliphatic hydroxyl groups excluding tert-OH is 1. The number of hydrogen-bond acceptors (Lipinski definition) is 6. The number of aryl methyl sites for hydroxylation is 1. The highest BCUT2D eigenvalue weighted by Gasteiger charge is 2.29. The van der Waals surface area contributed by atoms with Crippen LogP contribution < -0.4 is 4.90 Å². The number of aromatic carboxylic acids is 1. The van der Waals surface area contributed by atoms with E-state index in [2.05, 4.69) is 23.6 Å². The number of carboxylic acids is 1. The number of nitrogens with zero attached hydrogens (tertiary/aromatic N) is 4. The molecule has 3 rings (SSSR count). The molecule has 1 atom stereocenters. The van der Waals surface area contributed by atoms with Gasteiger partial charge in [0.15, 0.2) is 0 Å². The summed E-state index contributed by atoms with van der Waals surface area (Å²) < 4.78 is 2.02. The van der Waals surface area contributed by atoms with Crippen LogP contribution in [-0.4, -0.2) is 81.0 Å². The first kappa shape index (κ1) is 22.6. The van der Waals surface area contributed by atoms with Gasteiger partial charge in [0, 0.05) is 45.9 Å². The lowest BCUT2D eigenvalue weighted by Gasteiger charge is -2.42. The summed E-state index contributed by atoms with van der Waals surface area (Å²) in [5.74, 6) is 0.507. The number of carboxylic acid groups (broad SMARTS) is 2. The number of benzene rings is 1. The molecule has 9 heteroatoms. The van der Waals surface area contributed by atoms with Gasteiger partial charge in [-0.3, -0.25) is 9.69 Å². The molecule has 0 saturated carbocycles. The third-order valence-electron chi connectivity index (χ3n) is 5.05. The molecule has 0 aliphatic carbocycles. The van der Waals surface area contributed by atoms with Crippen molar-refractivity contribution in [1.82, 2.24) is 14.5 Å². The zero-order valence-electron chi connectivity index (χ0n) is 17.2. The van der Waals surface area contributed by atoms with Crippen molar-refractivity contribution >= 4 is 29.4 Å². The molecule has 1 saturated heterocycles. The Morgan fingerprint density at radius 2 is 2.03 bits per heavy atom. The minimum absolute atomic E-state index is 0.178. The summed E-state index contributed by atoms with van der Waals surface area (Å²) >= 11 is 0. The highest BCUT2D eigenvalue weighted by atomic mass is 16.4. The van der Waals surface area contributed by atoms with E-state index in [-0.39, 0.29) is 18.6 Å². The second-order valence-electron chi connectivity index (χ2n) is 7.59. The molecule has 1 aromatic heterocycles. The van der Waals surface area contributed by atoms with Gasteiger partial charge in [-0.25, -0.2) is 9.78 Å². The summed E-state index contributed by atoms with van der Waals surface area (Å²) in [6, 6.07) is 5.35. The van der Waals surface area contributed by atoms with E-state index in [0.717, 1.165) is 44.1 Å². The quantitative estimate of drug-likeness (QED) is 0.618. The second kappa shape index (κ2) is 10.2. The molecule has 0 radical (unpaired) electrons. The van der Waals surface area contributed by atoms with Gasteiger partial charge in [-0.05, 0) is 30.5 Å². The highest BCUT2D eigenvalue weighted by molar-refractivity contribution is 5.93. The number of fused-ring (bicyclic) bond motifs is 1. The molecule has 29 heavy (non-hydrogen) atoms. The lowest BCUT2D eigenvalue weighted by Crippen LogP contribution is -2.54. The average molecular weight is 406 g/mol. The minimum Gasteiger partial charge on any atom is -0.483 e. The summed E-state index contributed by atoms with van der Waals surface area (Å²) in [6.45, 7) is 8.02. The van der Waals surface area contributed by atoms with Crippen LogP contribution in [0.3, 0.4) is 0 Å². The molecule has 2 aromatic rings. The molecule has 9 nitrogen and oxygen atoms in total. The van der Waals surface area contributed by atoms with Gasteiger partial charge in [-0.1, -0.05) is 13.8 Å². The summed E-state index contributed by atoms with van der Waals surface area (Å²) in [6.07, 6.45) is 0.746. The predicted octanol–water partition coefficient (Wildman–Crippen LogP) is 1.50. The summed E-state index contributed by atoms with van der Waals surface area (Å²) in [4.78, 5) is 29.0. The predicted molar refractivity (Wildman–Crippen MR) is 110 cm³/mol. The van der Waals surface area contributed by atoms with E-state index >= 15 is 0 Å². The van der Waals surface area contributed by atoms with Crippen molar-refractivity contribution in [3.63, 3.8) is 0 Å². The first-order valence-corrected chi connectivity index (χ1v) is 9.69. The molecule has 1 aliphatic heterocycles. The molecule has 3 N–H and O–H groups in total. The smallest absolute Gasteiger partial charge is 0.335 e. The van der Waals surface area contributed by atoms with Crippen LogP contribution in [0.4, 0.5) is 5.95 Å². The Morgan fingerprint density at radius 1 is 1.34 bits per heavy atom. The molecule has 0 spiro atoms. The Bertz CT molecular complexity index is 836. The van der Waals surface area contributed by atoms with Gasteiger partial charge in [-0.15, -0.1) is 0 Å². The van der Waals surface area contributed by atoms with Crippen molar-refractivity contribution in [1.29, 1.82) is 0 Å². The zero-order valence-corrected chi connectivity index (χ0v) is 17.2. The molecule has 2 heterocycles. The van der Waals surface area contributed by atoms with Crippen molar-refractivity contribution in [3.05, 3.63) is 23.8 Å². The number of aliphatic hydroxyl groups is 1. The standard InChI is InChI=1S/C19H28N4O3.CH2O2/c1-13(2)11-22-7-8-23(12-15(22)6-9-24)19-20-16-10-14(18(25)26)4-5-17(16)21(19)3;2-1-3/h4-5,10,13,15,24H,6-9,11-12H2,1-3H3,(H,25,26);1H,(H,2,3). The van der Waals surface area contributed by atoms with E-state index in [0.29, 0.717) is 17.5 Å². The molecule has 0 bridgehead atoms. The van der Waals surface area contributed by atoms with Crippen LogP contribution in [0.5, 0.6) is 0 Å². The van der Waals surface area contributed by atoms with E-state index in [1.807, 2.05) is 17.7 Å². The van der Waals surface area contributed by atoms with Crippen molar-refractivity contribution in [2.24, 2.45) is 13.0 Å². The van der Waals surface area contributed by atoms with E-state index < -0.39 is 5.97 Å². The largest absolute Gasteiger partial charge is 0.483 e. The monoisotopic (exact) mass is 406 g/mol. The fourth-order valence-corrected chi connectivity index (χ4v) is 3.81. The maximum atomic E-state index is 11.2. The third-order valence-corrected chi connectivity index (χ3v) is 5.05. The minimum atomic E-state index is -0.940. The Kier molecular flexibility index (Phi) is 7.98.